The highest BCUT2D eigenvalue weighted by Gasteiger charge is 2.24. The minimum absolute atomic E-state index is 0. The summed E-state index contributed by atoms with van der Waals surface area (Å²) in [4.78, 5) is 6.72. The number of para-hydroxylation sites is 1. The van der Waals surface area contributed by atoms with E-state index in [2.05, 4.69) is 27.4 Å². The number of piperazine rings is 1. The molecule has 1 fully saturated rings. The van der Waals surface area contributed by atoms with E-state index in [4.69, 9.17) is 9.26 Å². The summed E-state index contributed by atoms with van der Waals surface area (Å²) in [7, 11) is 2.08. The summed E-state index contributed by atoms with van der Waals surface area (Å²) in [5, 5.41) is 7.47. The number of halogens is 1. The molecule has 0 radical (unpaired) electrons. The van der Waals surface area contributed by atoms with Crippen molar-refractivity contribution in [2.45, 2.75) is 13.0 Å². The third-order valence-corrected chi connectivity index (χ3v) is 3.89. The van der Waals surface area contributed by atoms with Gasteiger partial charge >= 0.3 is 0 Å². The van der Waals surface area contributed by atoms with Crippen molar-refractivity contribution in [1.82, 2.24) is 20.4 Å². The second kappa shape index (κ2) is 8.82. The van der Waals surface area contributed by atoms with Crippen LogP contribution in [0.15, 0.2) is 28.8 Å². The number of aromatic nitrogens is 2. The number of hydrogen-bond acceptors (Lipinski definition) is 6. The standard InChI is InChI=1S/C17H22N4O2.ClH/c1-3-22-15-7-5-4-6-13(15)8-9-16-19-17(20-23-16)14-12-18-10-11-21(14)2;/h4-9,14,18H,3,10-12H2,1-2H3;1H/b9-8+;. The minimum Gasteiger partial charge on any atom is -0.493 e. The summed E-state index contributed by atoms with van der Waals surface area (Å²) < 4.78 is 11.0. The first-order valence-corrected chi connectivity index (χ1v) is 7.92. The Labute approximate surface area is 148 Å². The van der Waals surface area contributed by atoms with Crippen LogP contribution in [0.5, 0.6) is 5.75 Å². The highest BCUT2D eigenvalue weighted by Crippen LogP contribution is 2.21. The van der Waals surface area contributed by atoms with Crippen LogP contribution in [0.1, 0.15) is 30.2 Å². The molecule has 0 saturated carbocycles. The summed E-state index contributed by atoms with van der Waals surface area (Å²) in [6.45, 7) is 5.42. The van der Waals surface area contributed by atoms with Crippen LogP contribution in [-0.4, -0.2) is 48.3 Å². The van der Waals surface area contributed by atoms with Crippen LogP contribution in [0.3, 0.4) is 0 Å². The lowest BCUT2D eigenvalue weighted by Gasteiger charge is -2.30. The molecular formula is C17H23ClN4O2. The Hall–Kier alpha value is -1.89. The minimum atomic E-state index is 0. The van der Waals surface area contributed by atoms with E-state index in [1.807, 2.05) is 43.3 Å². The van der Waals surface area contributed by atoms with E-state index in [9.17, 15) is 0 Å². The van der Waals surface area contributed by atoms with Crippen molar-refractivity contribution in [2.75, 3.05) is 33.3 Å². The maximum Gasteiger partial charge on any atom is 0.250 e. The van der Waals surface area contributed by atoms with Gasteiger partial charge in [0.1, 0.15) is 5.75 Å². The van der Waals surface area contributed by atoms with E-state index in [-0.39, 0.29) is 18.4 Å². The Balaban J connectivity index is 0.00000208. The van der Waals surface area contributed by atoms with Crippen molar-refractivity contribution in [3.8, 4) is 5.75 Å². The quantitative estimate of drug-likeness (QED) is 0.894. The lowest BCUT2D eigenvalue weighted by atomic mass is 10.2. The zero-order valence-electron chi connectivity index (χ0n) is 13.9. The summed E-state index contributed by atoms with van der Waals surface area (Å²) in [6, 6.07) is 8.04. The first-order chi connectivity index (χ1) is 11.3. The molecule has 0 spiro atoms. The Bertz CT molecular complexity index is 674. The van der Waals surface area contributed by atoms with Crippen LogP contribution in [0.4, 0.5) is 0 Å². The molecule has 2 heterocycles. The number of rotatable bonds is 5. The van der Waals surface area contributed by atoms with Crippen molar-refractivity contribution in [3.63, 3.8) is 0 Å². The Kier molecular flexibility index (Phi) is 6.78. The van der Waals surface area contributed by atoms with Gasteiger partial charge in [-0.25, -0.2) is 0 Å². The van der Waals surface area contributed by atoms with E-state index in [1.54, 1.807) is 0 Å². The number of benzene rings is 1. The van der Waals surface area contributed by atoms with Gasteiger partial charge in [0, 0.05) is 31.3 Å². The number of hydrogen-bond donors (Lipinski definition) is 1. The highest BCUT2D eigenvalue weighted by molar-refractivity contribution is 5.85. The highest BCUT2D eigenvalue weighted by atomic mass is 35.5. The molecule has 1 aliphatic rings. The van der Waals surface area contributed by atoms with Crippen LogP contribution in [0.2, 0.25) is 0 Å². The predicted molar refractivity (Wildman–Crippen MR) is 96.3 cm³/mol. The maximum atomic E-state index is 5.61. The molecule has 2 aromatic rings. The first kappa shape index (κ1) is 18.4. The van der Waals surface area contributed by atoms with Gasteiger partial charge in [-0.1, -0.05) is 23.4 Å². The average molecular weight is 351 g/mol. The Morgan fingerprint density at radius 3 is 3.00 bits per heavy atom. The van der Waals surface area contributed by atoms with Gasteiger partial charge < -0.3 is 14.6 Å². The largest absolute Gasteiger partial charge is 0.493 e. The van der Waals surface area contributed by atoms with E-state index < -0.39 is 0 Å². The lowest BCUT2D eigenvalue weighted by Crippen LogP contribution is -2.44. The fraction of sp³-hybridized carbons (Fsp3) is 0.412. The summed E-state index contributed by atoms with van der Waals surface area (Å²) >= 11 is 0. The number of nitrogens with zero attached hydrogens (tertiary/aromatic N) is 3. The van der Waals surface area contributed by atoms with Crippen LogP contribution >= 0.6 is 12.4 Å². The van der Waals surface area contributed by atoms with Crippen molar-refractivity contribution < 1.29 is 9.26 Å². The molecule has 130 valence electrons. The second-order valence-electron chi connectivity index (χ2n) is 5.50. The molecule has 1 N–H and O–H groups in total. The number of nitrogens with one attached hydrogen (secondary N) is 1. The molecule has 1 aromatic heterocycles. The zero-order valence-corrected chi connectivity index (χ0v) is 14.8. The molecule has 0 amide bonds. The fourth-order valence-corrected chi connectivity index (χ4v) is 2.61. The molecule has 3 rings (SSSR count). The Morgan fingerprint density at radius 1 is 1.38 bits per heavy atom. The number of ether oxygens (including phenoxy) is 1. The third kappa shape index (κ3) is 4.35. The summed E-state index contributed by atoms with van der Waals surface area (Å²) in [6.07, 6.45) is 3.76. The molecule has 1 atom stereocenters. The molecule has 24 heavy (non-hydrogen) atoms. The molecule has 0 aliphatic carbocycles. The van der Waals surface area contributed by atoms with Gasteiger partial charge in [-0.3, -0.25) is 4.90 Å². The molecule has 0 bridgehead atoms. The van der Waals surface area contributed by atoms with Crippen molar-refractivity contribution in [1.29, 1.82) is 0 Å². The monoisotopic (exact) mass is 350 g/mol. The number of likely N-dealkylation sites (N-methyl/N-ethyl adjacent to an activating group) is 1. The van der Waals surface area contributed by atoms with Crippen molar-refractivity contribution in [3.05, 3.63) is 41.5 Å². The lowest BCUT2D eigenvalue weighted by molar-refractivity contribution is 0.190. The smallest absolute Gasteiger partial charge is 0.250 e. The van der Waals surface area contributed by atoms with Gasteiger partial charge in [0.2, 0.25) is 0 Å². The predicted octanol–water partition coefficient (Wildman–Crippen LogP) is 2.64. The van der Waals surface area contributed by atoms with E-state index in [0.29, 0.717) is 12.5 Å². The van der Waals surface area contributed by atoms with Gasteiger partial charge in [-0.15, -0.1) is 12.4 Å². The zero-order chi connectivity index (χ0) is 16.1. The van der Waals surface area contributed by atoms with Crippen molar-refractivity contribution >= 4 is 24.6 Å². The maximum absolute atomic E-state index is 5.61. The van der Waals surface area contributed by atoms with Gasteiger partial charge in [0.25, 0.3) is 5.89 Å². The SMILES string of the molecule is CCOc1ccccc1/C=C/c1nc(C2CNCCN2C)no1.Cl. The second-order valence-corrected chi connectivity index (χ2v) is 5.50. The summed E-state index contributed by atoms with van der Waals surface area (Å²) in [5.41, 5.74) is 0.991. The molecule has 1 aromatic carbocycles. The Morgan fingerprint density at radius 2 is 2.21 bits per heavy atom. The average Bonchev–Trinajstić information content (AvgIpc) is 3.03. The van der Waals surface area contributed by atoms with Gasteiger partial charge in [-0.2, -0.15) is 4.98 Å². The first-order valence-electron chi connectivity index (χ1n) is 7.92. The van der Waals surface area contributed by atoms with Gasteiger partial charge in [-0.05, 0) is 26.1 Å². The molecule has 1 saturated heterocycles. The summed E-state index contributed by atoms with van der Waals surface area (Å²) in [5.74, 6) is 2.07. The van der Waals surface area contributed by atoms with Crippen LogP contribution in [0, 0.1) is 0 Å². The van der Waals surface area contributed by atoms with Crippen molar-refractivity contribution in [2.24, 2.45) is 0 Å². The van der Waals surface area contributed by atoms with Crippen LogP contribution in [-0.2, 0) is 0 Å². The van der Waals surface area contributed by atoms with Gasteiger partial charge in [0.15, 0.2) is 5.82 Å². The normalized spacial score (nSPS) is 18.5. The third-order valence-electron chi connectivity index (χ3n) is 3.89. The molecule has 1 unspecified atom stereocenters. The van der Waals surface area contributed by atoms with E-state index in [1.165, 1.54) is 0 Å². The molecular weight excluding hydrogens is 328 g/mol. The van der Waals surface area contributed by atoms with Crippen LogP contribution in [0.25, 0.3) is 12.2 Å². The molecule has 7 heteroatoms. The topological polar surface area (TPSA) is 63.4 Å². The van der Waals surface area contributed by atoms with E-state index >= 15 is 0 Å². The van der Waals surface area contributed by atoms with Gasteiger partial charge in [0.05, 0.1) is 12.6 Å². The molecule has 6 nitrogen and oxygen atoms in total. The van der Waals surface area contributed by atoms with Crippen LogP contribution < -0.4 is 10.1 Å². The fourth-order valence-electron chi connectivity index (χ4n) is 2.61. The van der Waals surface area contributed by atoms with E-state index in [0.717, 1.165) is 36.8 Å². The molecule has 1 aliphatic heterocycles.